The summed E-state index contributed by atoms with van der Waals surface area (Å²) < 4.78 is 10.5. The number of rotatable bonds is 8. The molecule has 0 spiro atoms. The number of thiophene rings is 1. The minimum atomic E-state index is -0.786. The van der Waals surface area contributed by atoms with E-state index in [1.165, 1.54) is 18.4 Å². The Hall–Kier alpha value is -3.46. The molecule has 4 rings (SSSR count). The van der Waals surface area contributed by atoms with Crippen LogP contribution in [0.2, 0.25) is 0 Å². The lowest BCUT2D eigenvalue weighted by Crippen LogP contribution is -2.43. The van der Waals surface area contributed by atoms with Crippen molar-refractivity contribution in [2.75, 3.05) is 7.11 Å². The normalized spacial score (nSPS) is 12.0. The fraction of sp³-hybridized carbons (Fsp3) is 0.238. The van der Waals surface area contributed by atoms with Gasteiger partial charge in [0.1, 0.15) is 6.04 Å². The van der Waals surface area contributed by atoms with E-state index in [-0.39, 0.29) is 18.7 Å². The first-order chi connectivity index (χ1) is 14.6. The molecule has 0 unspecified atom stereocenters. The summed E-state index contributed by atoms with van der Waals surface area (Å²) in [6.07, 6.45) is 2.57. The van der Waals surface area contributed by atoms with Crippen LogP contribution in [0.4, 0.5) is 0 Å². The topological polar surface area (TPSA) is 110 Å². The number of aryl methyl sites for hydroxylation is 1. The minimum Gasteiger partial charge on any atom is -0.467 e. The zero-order valence-electron chi connectivity index (χ0n) is 16.3. The first-order valence-electron chi connectivity index (χ1n) is 9.41. The first-order valence-corrected chi connectivity index (χ1v) is 10.4. The number of hydrogen-bond acceptors (Lipinski definition) is 7. The van der Waals surface area contributed by atoms with Gasteiger partial charge in [0.25, 0.3) is 0 Å². The summed E-state index contributed by atoms with van der Waals surface area (Å²) in [7, 11) is 1.31. The van der Waals surface area contributed by atoms with Gasteiger partial charge in [-0.05, 0) is 23.1 Å². The molecule has 0 aliphatic heterocycles. The van der Waals surface area contributed by atoms with E-state index in [9.17, 15) is 9.59 Å². The van der Waals surface area contributed by atoms with E-state index in [1.807, 2.05) is 47.3 Å². The number of esters is 1. The van der Waals surface area contributed by atoms with Gasteiger partial charge in [0.2, 0.25) is 17.7 Å². The molecule has 8 nitrogen and oxygen atoms in total. The second-order valence-electron chi connectivity index (χ2n) is 6.72. The van der Waals surface area contributed by atoms with Crippen LogP contribution in [0.5, 0.6) is 0 Å². The molecular weight excluding hydrogens is 404 g/mol. The van der Waals surface area contributed by atoms with Gasteiger partial charge in [0.05, 0.1) is 7.11 Å². The molecule has 30 heavy (non-hydrogen) atoms. The highest BCUT2D eigenvalue weighted by molar-refractivity contribution is 7.08. The van der Waals surface area contributed by atoms with E-state index < -0.39 is 12.0 Å². The summed E-state index contributed by atoms with van der Waals surface area (Å²) in [6.45, 7) is 0. The lowest BCUT2D eigenvalue weighted by atomic mass is 10.0. The molecule has 9 heteroatoms. The Morgan fingerprint density at radius 2 is 2.13 bits per heavy atom. The zero-order chi connectivity index (χ0) is 20.9. The molecule has 0 fully saturated rings. The second kappa shape index (κ2) is 8.91. The second-order valence-corrected chi connectivity index (χ2v) is 7.50. The van der Waals surface area contributed by atoms with Crippen LogP contribution in [0.1, 0.15) is 17.9 Å². The minimum absolute atomic E-state index is 0.118. The predicted molar refractivity (Wildman–Crippen MR) is 112 cm³/mol. The Bertz CT molecular complexity index is 1150. The number of fused-ring (bicyclic) bond motifs is 1. The molecule has 1 aromatic carbocycles. The summed E-state index contributed by atoms with van der Waals surface area (Å²) in [5.74, 6) is 0.0164. The average Bonchev–Trinajstić information content (AvgIpc) is 3.52. The molecule has 0 saturated carbocycles. The van der Waals surface area contributed by atoms with Gasteiger partial charge in [-0.15, -0.1) is 10.2 Å². The molecule has 1 amide bonds. The van der Waals surface area contributed by atoms with Gasteiger partial charge in [-0.1, -0.05) is 18.2 Å². The molecule has 0 saturated heterocycles. The molecule has 0 bridgehead atoms. The third-order valence-corrected chi connectivity index (χ3v) is 5.40. The molecular formula is C21H20N4O4S. The quantitative estimate of drug-likeness (QED) is 0.421. The van der Waals surface area contributed by atoms with Gasteiger partial charge in [-0.2, -0.15) is 11.3 Å². The van der Waals surface area contributed by atoms with Crippen molar-refractivity contribution in [2.24, 2.45) is 0 Å². The highest BCUT2D eigenvalue weighted by Crippen LogP contribution is 2.21. The molecule has 0 radical (unpaired) electrons. The number of nitrogens with zero attached hydrogens (tertiary/aromatic N) is 2. The molecule has 4 aromatic rings. The van der Waals surface area contributed by atoms with Gasteiger partial charge < -0.3 is 19.5 Å². The Morgan fingerprint density at radius 3 is 2.93 bits per heavy atom. The van der Waals surface area contributed by atoms with Crippen LogP contribution in [0.25, 0.3) is 22.4 Å². The Kier molecular flexibility index (Phi) is 5.89. The first kappa shape index (κ1) is 19.8. The van der Waals surface area contributed by atoms with Crippen molar-refractivity contribution < 1.29 is 18.7 Å². The number of ether oxygens (including phenoxy) is 1. The number of aromatic amines is 1. The van der Waals surface area contributed by atoms with Crippen molar-refractivity contribution in [2.45, 2.75) is 25.3 Å². The Labute approximate surface area is 176 Å². The van der Waals surface area contributed by atoms with E-state index in [2.05, 4.69) is 20.5 Å². The van der Waals surface area contributed by atoms with E-state index in [0.717, 1.165) is 22.0 Å². The highest BCUT2D eigenvalue weighted by atomic mass is 32.1. The number of amides is 1. The number of hydrogen-bond donors (Lipinski definition) is 2. The third kappa shape index (κ3) is 4.41. The molecule has 3 heterocycles. The van der Waals surface area contributed by atoms with Crippen molar-refractivity contribution in [3.8, 4) is 11.5 Å². The van der Waals surface area contributed by atoms with E-state index >= 15 is 0 Å². The van der Waals surface area contributed by atoms with Crippen LogP contribution in [-0.4, -0.2) is 40.2 Å². The number of carbonyl (C=O) groups excluding carboxylic acids is 2. The van der Waals surface area contributed by atoms with Crippen molar-refractivity contribution in [1.29, 1.82) is 0 Å². The van der Waals surface area contributed by atoms with Crippen molar-refractivity contribution >= 4 is 34.1 Å². The van der Waals surface area contributed by atoms with Crippen LogP contribution in [0, 0.1) is 0 Å². The summed E-state index contributed by atoms with van der Waals surface area (Å²) in [4.78, 5) is 27.9. The van der Waals surface area contributed by atoms with Crippen LogP contribution in [-0.2, 0) is 27.2 Å². The van der Waals surface area contributed by atoms with Crippen LogP contribution in [0.15, 0.2) is 51.7 Å². The fourth-order valence-corrected chi connectivity index (χ4v) is 3.83. The molecule has 3 aromatic heterocycles. The number of benzene rings is 1. The Morgan fingerprint density at radius 1 is 1.27 bits per heavy atom. The largest absolute Gasteiger partial charge is 0.467 e. The third-order valence-electron chi connectivity index (χ3n) is 4.72. The highest BCUT2D eigenvalue weighted by Gasteiger charge is 2.23. The monoisotopic (exact) mass is 424 g/mol. The van der Waals surface area contributed by atoms with Crippen molar-refractivity contribution in [3.63, 3.8) is 0 Å². The predicted octanol–water partition coefficient (Wildman–Crippen LogP) is 3.11. The van der Waals surface area contributed by atoms with Crippen molar-refractivity contribution in [1.82, 2.24) is 20.5 Å². The molecule has 0 aliphatic carbocycles. The molecule has 1 atom stereocenters. The van der Waals surface area contributed by atoms with Crippen LogP contribution >= 0.6 is 11.3 Å². The molecule has 0 aliphatic rings. The van der Waals surface area contributed by atoms with Gasteiger partial charge in [0, 0.05) is 47.3 Å². The number of H-pyrrole nitrogens is 1. The molecule has 2 N–H and O–H groups in total. The molecule has 154 valence electrons. The lowest BCUT2D eigenvalue weighted by Gasteiger charge is -2.16. The maximum absolute atomic E-state index is 12.5. The zero-order valence-corrected chi connectivity index (χ0v) is 17.1. The van der Waals surface area contributed by atoms with Crippen LogP contribution in [0.3, 0.4) is 0 Å². The van der Waals surface area contributed by atoms with Crippen LogP contribution < -0.4 is 5.32 Å². The Balaban J connectivity index is 1.38. The van der Waals surface area contributed by atoms with Gasteiger partial charge >= 0.3 is 5.97 Å². The maximum atomic E-state index is 12.5. The van der Waals surface area contributed by atoms with Gasteiger partial charge in [0.15, 0.2) is 0 Å². The summed E-state index contributed by atoms with van der Waals surface area (Å²) >= 11 is 1.54. The standard InChI is InChI=1S/C21H20N4O4S/c1-28-21(27)17(10-14-11-22-16-5-3-2-4-15(14)16)23-18(26)6-7-19-24-25-20(29-19)13-8-9-30-12-13/h2-5,8-9,11-12,17,22H,6-7,10H2,1H3,(H,23,26)/t17-/m1/s1. The smallest absolute Gasteiger partial charge is 0.328 e. The number of carbonyl (C=O) groups is 2. The van der Waals surface area contributed by atoms with E-state index in [4.69, 9.17) is 9.15 Å². The lowest BCUT2D eigenvalue weighted by molar-refractivity contribution is -0.145. The maximum Gasteiger partial charge on any atom is 0.328 e. The summed E-state index contributed by atoms with van der Waals surface area (Å²) in [5, 5.41) is 15.6. The summed E-state index contributed by atoms with van der Waals surface area (Å²) in [6, 6.07) is 8.90. The van der Waals surface area contributed by atoms with E-state index in [0.29, 0.717) is 18.2 Å². The number of nitrogens with one attached hydrogen (secondary N) is 2. The summed E-state index contributed by atoms with van der Waals surface area (Å²) in [5.41, 5.74) is 2.76. The number of methoxy groups -OCH3 is 1. The number of aromatic nitrogens is 3. The van der Waals surface area contributed by atoms with E-state index in [1.54, 1.807) is 0 Å². The van der Waals surface area contributed by atoms with Crippen molar-refractivity contribution in [3.05, 3.63) is 58.7 Å². The number of para-hydroxylation sites is 1. The van der Waals surface area contributed by atoms with Gasteiger partial charge in [-0.3, -0.25) is 4.79 Å². The van der Waals surface area contributed by atoms with Gasteiger partial charge in [-0.25, -0.2) is 4.79 Å². The SMILES string of the molecule is COC(=O)[C@@H](Cc1c[nH]c2ccccc12)NC(=O)CCc1nnc(-c2ccsc2)o1. The fourth-order valence-electron chi connectivity index (χ4n) is 3.20. The average molecular weight is 424 g/mol.